The molecular formula is C14H16N4O5. The quantitative estimate of drug-likeness (QED) is 0.607. The Morgan fingerprint density at radius 3 is 2.65 bits per heavy atom. The molecule has 9 nitrogen and oxygen atoms in total. The van der Waals surface area contributed by atoms with Crippen molar-refractivity contribution in [2.24, 2.45) is 0 Å². The molecule has 0 unspecified atom stereocenters. The van der Waals surface area contributed by atoms with E-state index in [-0.39, 0.29) is 18.7 Å². The van der Waals surface area contributed by atoms with Crippen LogP contribution in [0.1, 0.15) is 23.4 Å². The van der Waals surface area contributed by atoms with Gasteiger partial charge >= 0.3 is 5.97 Å². The lowest BCUT2D eigenvalue weighted by Crippen LogP contribution is -2.27. The molecule has 0 spiro atoms. The van der Waals surface area contributed by atoms with Gasteiger partial charge in [0.25, 0.3) is 5.69 Å². The summed E-state index contributed by atoms with van der Waals surface area (Å²) >= 11 is 0. The lowest BCUT2D eigenvalue weighted by Gasteiger charge is -2.22. The molecule has 2 heterocycles. The predicted molar refractivity (Wildman–Crippen MR) is 80.2 cm³/mol. The first-order valence-electron chi connectivity index (χ1n) is 6.87. The lowest BCUT2D eigenvalue weighted by molar-refractivity contribution is -0.385. The molecular weight excluding hydrogens is 304 g/mol. The third-order valence-corrected chi connectivity index (χ3v) is 3.39. The molecule has 0 saturated heterocycles. The van der Waals surface area contributed by atoms with Crippen LogP contribution in [0.4, 0.5) is 11.5 Å². The van der Waals surface area contributed by atoms with Gasteiger partial charge in [-0.2, -0.15) is 0 Å². The average Bonchev–Trinajstić information content (AvgIpc) is 2.82. The minimum absolute atomic E-state index is 0.0813. The summed E-state index contributed by atoms with van der Waals surface area (Å²) in [7, 11) is 0. The number of nitrogens with zero attached hydrogens (tertiary/aromatic N) is 4. The summed E-state index contributed by atoms with van der Waals surface area (Å²) in [6.07, 6.45) is 1.07. The number of carbonyl (C=O) groups is 1. The van der Waals surface area contributed by atoms with Crippen LogP contribution in [0.5, 0.6) is 0 Å². The van der Waals surface area contributed by atoms with Gasteiger partial charge in [0.2, 0.25) is 0 Å². The molecule has 2 aromatic rings. The topological polar surface area (TPSA) is 123 Å². The number of nitro groups is 1. The fraction of sp³-hybridized carbons (Fsp3) is 0.357. The Hall–Kier alpha value is -2.97. The van der Waals surface area contributed by atoms with Gasteiger partial charge in [-0.25, -0.2) is 4.98 Å². The van der Waals surface area contributed by atoms with Gasteiger partial charge in [-0.15, -0.1) is 0 Å². The van der Waals surface area contributed by atoms with Crippen LogP contribution in [0.15, 0.2) is 22.9 Å². The number of anilines is 1. The van der Waals surface area contributed by atoms with E-state index >= 15 is 0 Å². The zero-order chi connectivity index (χ0) is 17.0. The van der Waals surface area contributed by atoms with Gasteiger partial charge in [0.1, 0.15) is 17.8 Å². The molecule has 0 fully saturated rings. The summed E-state index contributed by atoms with van der Waals surface area (Å²) in [5, 5.41) is 23.5. The highest BCUT2D eigenvalue weighted by Crippen LogP contribution is 2.21. The molecule has 0 saturated carbocycles. The molecule has 0 aliphatic carbocycles. The maximum absolute atomic E-state index is 10.8. The fourth-order valence-corrected chi connectivity index (χ4v) is 2.10. The SMILES string of the molecule is Cc1noc(C)c1CN(CCC(=O)O)c1ccc([N+](=O)[O-])cn1. The van der Waals surface area contributed by atoms with E-state index in [9.17, 15) is 14.9 Å². The first kappa shape index (κ1) is 16.4. The molecule has 2 aromatic heterocycles. The van der Waals surface area contributed by atoms with Crippen molar-refractivity contribution in [1.82, 2.24) is 10.1 Å². The molecule has 0 radical (unpaired) electrons. The number of hydrogen-bond donors (Lipinski definition) is 1. The Bertz CT molecular complexity index is 691. The third-order valence-electron chi connectivity index (χ3n) is 3.39. The Morgan fingerprint density at radius 1 is 1.43 bits per heavy atom. The van der Waals surface area contributed by atoms with E-state index in [0.717, 1.165) is 11.8 Å². The second-order valence-corrected chi connectivity index (χ2v) is 5.00. The van der Waals surface area contributed by atoms with Gasteiger partial charge in [0, 0.05) is 24.7 Å². The van der Waals surface area contributed by atoms with E-state index in [1.165, 1.54) is 12.1 Å². The minimum Gasteiger partial charge on any atom is -0.481 e. The van der Waals surface area contributed by atoms with Crippen molar-refractivity contribution in [3.05, 3.63) is 45.5 Å². The van der Waals surface area contributed by atoms with Crippen LogP contribution in [0.3, 0.4) is 0 Å². The minimum atomic E-state index is -0.935. The molecule has 0 aliphatic heterocycles. The number of aromatic nitrogens is 2. The van der Waals surface area contributed by atoms with Gasteiger partial charge in [0.05, 0.1) is 17.0 Å². The highest BCUT2D eigenvalue weighted by atomic mass is 16.6. The van der Waals surface area contributed by atoms with E-state index in [2.05, 4.69) is 10.1 Å². The zero-order valence-electron chi connectivity index (χ0n) is 12.7. The molecule has 23 heavy (non-hydrogen) atoms. The maximum atomic E-state index is 10.8. The Kier molecular flexibility index (Phi) is 4.89. The Labute approximate surface area is 131 Å². The standard InChI is InChI=1S/C14H16N4O5/c1-9-12(10(2)23-16-9)8-17(6-5-14(19)20)13-4-3-11(7-15-13)18(21)22/h3-4,7H,5-6,8H2,1-2H3,(H,19,20). The van der Waals surface area contributed by atoms with Gasteiger partial charge in [-0.05, 0) is 19.9 Å². The largest absolute Gasteiger partial charge is 0.481 e. The Balaban J connectivity index is 2.26. The molecule has 0 aliphatic rings. The average molecular weight is 320 g/mol. The number of hydrogen-bond acceptors (Lipinski definition) is 7. The van der Waals surface area contributed by atoms with Gasteiger partial charge < -0.3 is 14.5 Å². The molecule has 9 heteroatoms. The van der Waals surface area contributed by atoms with Gasteiger partial charge in [0.15, 0.2) is 0 Å². The monoisotopic (exact) mass is 320 g/mol. The summed E-state index contributed by atoms with van der Waals surface area (Å²) < 4.78 is 5.11. The molecule has 0 amide bonds. The summed E-state index contributed by atoms with van der Waals surface area (Å²) in [6.45, 7) is 4.14. The number of aliphatic carboxylic acids is 1. The molecule has 2 rings (SSSR count). The lowest BCUT2D eigenvalue weighted by atomic mass is 10.2. The molecule has 122 valence electrons. The first-order chi connectivity index (χ1) is 10.9. The van der Waals surface area contributed by atoms with Crippen LogP contribution in [0, 0.1) is 24.0 Å². The van der Waals surface area contributed by atoms with Crippen molar-refractivity contribution in [3.63, 3.8) is 0 Å². The van der Waals surface area contributed by atoms with E-state index in [1.54, 1.807) is 18.7 Å². The number of carboxylic acids is 1. The fourth-order valence-electron chi connectivity index (χ4n) is 2.10. The summed E-state index contributed by atoms with van der Waals surface area (Å²) in [4.78, 5) is 26.8. The van der Waals surface area contributed by atoms with E-state index in [4.69, 9.17) is 9.63 Å². The highest BCUT2D eigenvalue weighted by Gasteiger charge is 2.17. The van der Waals surface area contributed by atoms with Crippen molar-refractivity contribution in [2.75, 3.05) is 11.4 Å². The predicted octanol–water partition coefficient (Wildman–Crippen LogP) is 2.08. The van der Waals surface area contributed by atoms with Crippen LogP contribution < -0.4 is 4.90 Å². The van der Waals surface area contributed by atoms with Crippen LogP contribution >= 0.6 is 0 Å². The summed E-state index contributed by atoms with van der Waals surface area (Å²) in [5.41, 5.74) is 1.43. The second kappa shape index (κ2) is 6.86. The van der Waals surface area contributed by atoms with Gasteiger partial charge in [-0.1, -0.05) is 5.16 Å². The van der Waals surface area contributed by atoms with Crippen LogP contribution in [0.2, 0.25) is 0 Å². The maximum Gasteiger partial charge on any atom is 0.305 e. The molecule has 1 N–H and O–H groups in total. The molecule has 0 aromatic carbocycles. The van der Waals surface area contributed by atoms with Crippen molar-refractivity contribution in [3.8, 4) is 0 Å². The van der Waals surface area contributed by atoms with Crippen molar-refractivity contribution in [1.29, 1.82) is 0 Å². The van der Waals surface area contributed by atoms with Crippen molar-refractivity contribution >= 4 is 17.5 Å². The van der Waals surface area contributed by atoms with Crippen LogP contribution in [-0.4, -0.2) is 32.7 Å². The number of pyridine rings is 1. The van der Waals surface area contributed by atoms with Crippen LogP contribution in [-0.2, 0) is 11.3 Å². The third kappa shape index (κ3) is 4.02. The normalized spacial score (nSPS) is 10.5. The highest BCUT2D eigenvalue weighted by molar-refractivity contribution is 5.67. The van der Waals surface area contributed by atoms with E-state index in [1.807, 2.05) is 0 Å². The first-order valence-corrected chi connectivity index (χ1v) is 6.87. The smallest absolute Gasteiger partial charge is 0.305 e. The van der Waals surface area contributed by atoms with Crippen molar-refractivity contribution < 1.29 is 19.3 Å². The number of rotatable bonds is 7. The van der Waals surface area contributed by atoms with Crippen LogP contribution in [0.25, 0.3) is 0 Å². The summed E-state index contributed by atoms with van der Waals surface area (Å²) in [6, 6.07) is 2.83. The van der Waals surface area contributed by atoms with Crippen molar-refractivity contribution in [2.45, 2.75) is 26.8 Å². The Morgan fingerprint density at radius 2 is 2.17 bits per heavy atom. The van der Waals surface area contributed by atoms with Gasteiger partial charge in [-0.3, -0.25) is 14.9 Å². The van der Waals surface area contributed by atoms with E-state index in [0.29, 0.717) is 23.8 Å². The number of carboxylic acid groups (broad SMARTS) is 1. The second-order valence-electron chi connectivity index (χ2n) is 5.00. The molecule has 0 bridgehead atoms. The molecule has 0 atom stereocenters. The number of aryl methyl sites for hydroxylation is 2. The van der Waals surface area contributed by atoms with E-state index < -0.39 is 10.9 Å². The summed E-state index contributed by atoms with van der Waals surface area (Å²) in [5.74, 6) is 0.164. The zero-order valence-corrected chi connectivity index (χ0v) is 12.7.